The zero-order valence-corrected chi connectivity index (χ0v) is 13.6. The van der Waals surface area contributed by atoms with E-state index in [0.717, 1.165) is 20.8 Å². The normalized spacial score (nSPS) is 30.3. The minimum Gasteiger partial charge on any atom is -0.463 e. The van der Waals surface area contributed by atoms with Gasteiger partial charge < -0.3 is 18.9 Å². The van der Waals surface area contributed by atoms with Crippen LogP contribution in [0.15, 0.2) is 0 Å². The highest BCUT2D eigenvalue weighted by Crippen LogP contribution is 2.40. The predicted octanol–water partition coefficient (Wildman–Crippen LogP) is 1.17. The van der Waals surface area contributed by atoms with E-state index < -0.39 is 53.8 Å². The minimum absolute atomic E-state index is 0.741. The summed E-state index contributed by atoms with van der Waals surface area (Å²) in [6.07, 6.45) is -5.49. The number of hydrogen-bond acceptors (Lipinski definition) is 7. The average molecular weight is 389 g/mol. The van der Waals surface area contributed by atoms with Gasteiger partial charge in [0, 0.05) is 20.8 Å². The molecule has 22 heavy (non-hydrogen) atoms. The fraction of sp³-hybridized carbons (Fsp3) is 0.750. The van der Waals surface area contributed by atoms with Crippen LogP contribution in [0.3, 0.4) is 0 Å². The summed E-state index contributed by atoms with van der Waals surface area (Å²) in [4.78, 5) is 32.9. The molecule has 1 rings (SSSR count). The highest BCUT2D eigenvalue weighted by atomic mass is 79.9. The third kappa shape index (κ3) is 4.60. The molecule has 1 aliphatic rings. The van der Waals surface area contributed by atoms with Crippen LogP contribution in [0, 0.1) is 0 Å². The van der Waals surface area contributed by atoms with Crippen LogP contribution < -0.4 is 0 Å². The van der Waals surface area contributed by atoms with Gasteiger partial charge in [-0.2, -0.15) is 8.78 Å². The Morgan fingerprint density at radius 1 is 1.09 bits per heavy atom. The van der Waals surface area contributed by atoms with Crippen molar-refractivity contribution in [2.75, 3.05) is 6.61 Å². The molecule has 0 aromatic carbocycles. The lowest BCUT2D eigenvalue weighted by Crippen LogP contribution is -2.63. The molecule has 0 spiro atoms. The van der Waals surface area contributed by atoms with E-state index in [9.17, 15) is 23.2 Å². The van der Waals surface area contributed by atoms with Crippen molar-refractivity contribution in [3.05, 3.63) is 0 Å². The number of esters is 3. The molecule has 0 unspecified atom stereocenters. The van der Waals surface area contributed by atoms with Crippen molar-refractivity contribution in [3.63, 3.8) is 0 Å². The predicted molar refractivity (Wildman–Crippen MR) is 70.3 cm³/mol. The summed E-state index contributed by atoms with van der Waals surface area (Å²) in [7, 11) is 0. The molecule has 4 atom stereocenters. The van der Waals surface area contributed by atoms with Crippen molar-refractivity contribution in [2.24, 2.45) is 0 Å². The van der Waals surface area contributed by atoms with Gasteiger partial charge in [-0.05, 0) is 0 Å². The Balaban J connectivity index is 3.03. The molecule has 1 aliphatic heterocycles. The van der Waals surface area contributed by atoms with Crippen LogP contribution in [0.2, 0.25) is 0 Å². The van der Waals surface area contributed by atoms with E-state index in [2.05, 4.69) is 25.4 Å². The van der Waals surface area contributed by atoms with Gasteiger partial charge in [-0.3, -0.25) is 14.4 Å². The molecule has 0 aliphatic carbocycles. The van der Waals surface area contributed by atoms with Crippen LogP contribution in [0.4, 0.5) is 8.78 Å². The molecule has 0 aromatic rings. The van der Waals surface area contributed by atoms with E-state index in [4.69, 9.17) is 9.47 Å². The van der Waals surface area contributed by atoms with Crippen LogP contribution in [0.5, 0.6) is 0 Å². The number of rotatable bonds is 4. The Bertz CT molecular complexity index is 457. The van der Waals surface area contributed by atoms with Crippen LogP contribution in [-0.2, 0) is 33.3 Å². The molecule has 0 radical (unpaired) electrons. The number of carbonyl (C=O) groups excluding carboxylic acids is 3. The highest BCUT2D eigenvalue weighted by molar-refractivity contribution is 9.09. The summed E-state index contributed by atoms with van der Waals surface area (Å²) in [5, 5.41) is -1.17. The molecule has 0 N–H and O–H groups in total. The topological polar surface area (TPSA) is 88.1 Å². The van der Waals surface area contributed by atoms with E-state index in [1.165, 1.54) is 0 Å². The van der Waals surface area contributed by atoms with Gasteiger partial charge in [0.25, 0.3) is 0 Å². The van der Waals surface area contributed by atoms with Gasteiger partial charge >= 0.3 is 23.8 Å². The molecular weight excluding hydrogens is 374 g/mol. The first-order chi connectivity index (χ1) is 10.1. The molecule has 0 amide bonds. The Hall–Kier alpha value is -1.29. The van der Waals surface area contributed by atoms with Crippen molar-refractivity contribution >= 4 is 33.8 Å². The zero-order chi connectivity index (χ0) is 17.1. The Kier molecular flexibility index (Phi) is 6.24. The van der Waals surface area contributed by atoms with Gasteiger partial charge in [-0.25, -0.2) is 0 Å². The van der Waals surface area contributed by atoms with Gasteiger partial charge in [0.05, 0.1) is 0 Å². The number of ether oxygens (including phenoxy) is 4. The Labute approximate surface area is 133 Å². The SMILES string of the molecule is CC(=O)OC[C@H]1O[C@H](Br)[C@H](OC(C)=O)[C@@H](OC(C)=O)C1(F)F. The number of carbonyl (C=O) groups is 3. The first-order valence-corrected chi connectivity index (χ1v) is 7.12. The Morgan fingerprint density at radius 2 is 1.64 bits per heavy atom. The van der Waals surface area contributed by atoms with E-state index >= 15 is 0 Å². The molecule has 0 saturated carbocycles. The monoisotopic (exact) mass is 388 g/mol. The molecule has 1 fully saturated rings. The van der Waals surface area contributed by atoms with Gasteiger partial charge in [0.15, 0.2) is 17.2 Å². The lowest BCUT2D eigenvalue weighted by molar-refractivity contribution is -0.285. The summed E-state index contributed by atoms with van der Waals surface area (Å²) in [6, 6.07) is 0. The van der Waals surface area contributed by atoms with Gasteiger partial charge in [-0.1, -0.05) is 15.9 Å². The summed E-state index contributed by atoms with van der Waals surface area (Å²) in [6.45, 7) is 2.28. The lowest BCUT2D eigenvalue weighted by atomic mass is 9.98. The zero-order valence-electron chi connectivity index (χ0n) is 12.0. The quantitative estimate of drug-likeness (QED) is 0.405. The number of alkyl halides is 3. The van der Waals surface area contributed by atoms with Gasteiger partial charge in [0.2, 0.25) is 6.10 Å². The second kappa shape index (κ2) is 7.32. The summed E-state index contributed by atoms with van der Waals surface area (Å²) < 4.78 is 47.7. The van der Waals surface area contributed by atoms with E-state index in [-0.39, 0.29) is 0 Å². The highest BCUT2D eigenvalue weighted by Gasteiger charge is 2.61. The van der Waals surface area contributed by atoms with Crippen LogP contribution in [-0.4, -0.2) is 53.8 Å². The number of hydrogen-bond donors (Lipinski definition) is 0. The Morgan fingerprint density at radius 3 is 2.09 bits per heavy atom. The van der Waals surface area contributed by atoms with E-state index in [1.807, 2.05) is 0 Å². The van der Waals surface area contributed by atoms with E-state index in [1.54, 1.807) is 0 Å². The second-order valence-electron chi connectivity index (χ2n) is 4.56. The fourth-order valence-corrected chi connectivity index (χ4v) is 2.49. The van der Waals surface area contributed by atoms with E-state index in [0.29, 0.717) is 0 Å². The summed E-state index contributed by atoms with van der Waals surface area (Å²) in [5.41, 5.74) is 0. The summed E-state index contributed by atoms with van der Waals surface area (Å²) >= 11 is 2.95. The van der Waals surface area contributed by atoms with Crippen LogP contribution in [0.1, 0.15) is 20.8 Å². The standard InChI is InChI=1S/C12H15BrF2O7/c1-5(16)19-4-8-12(14,15)10(21-7(3)18)9(11(13)22-8)20-6(2)17/h8-11H,4H2,1-3H3/t8-,9-,10-,11+/m1/s1. The van der Waals surface area contributed by atoms with Crippen LogP contribution >= 0.6 is 15.9 Å². The third-order valence-corrected chi connectivity index (χ3v) is 3.43. The maximum atomic E-state index is 14.4. The van der Waals surface area contributed by atoms with Gasteiger partial charge in [-0.15, -0.1) is 0 Å². The minimum atomic E-state index is -3.73. The molecule has 0 bridgehead atoms. The molecule has 0 aromatic heterocycles. The van der Waals surface area contributed by atoms with Crippen molar-refractivity contribution < 1.29 is 42.1 Å². The van der Waals surface area contributed by atoms with Crippen molar-refractivity contribution in [1.82, 2.24) is 0 Å². The molecular formula is C12H15BrF2O7. The van der Waals surface area contributed by atoms with Crippen LogP contribution in [0.25, 0.3) is 0 Å². The van der Waals surface area contributed by atoms with Crippen molar-refractivity contribution in [3.8, 4) is 0 Å². The first-order valence-electron chi connectivity index (χ1n) is 6.20. The lowest BCUT2D eigenvalue weighted by Gasteiger charge is -2.43. The molecule has 1 saturated heterocycles. The third-order valence-electron chi connectivity index (χ3n) is 2.69. The van der Waals surface area contributed by atoms with Crippen molar-refractivity contribution in [1.29, 1.82) is 0 Å². The molecule has 126 valence electrons. The van der Waals surface area contributed by atoms with Gasteiger partial charge in [0.1, 0.15) is 6.61 Å². The summed E-state index contributed by atoms with van der Waals surface area (Å²) in [5.74, 6) is -6.32. The maximum Gasteiger partial charge on any atom is 0.316 e. The molecule has 1 heterocycles. The largest absolute Gasteiger partial charge is 0.463 e. The fourth-order valence-electron chi connectivity index (χ4n) is 1.84. The smallest absolute Gasteiger partial charge is 0.316 e. The second-order valence-corrected chi connectivity index (χ2v) is 5.46. The molecule has 7 nitrogen and oxygen atoms in total. The number of halogens is 3. The van der Waals surface area contributed by atoms with Crippen molar-refractivity contribution in [2.45, 2.75) is 50.0 Å². The average Bonchev–Trinajstić information content (AvgIpc) is 2.35. The first kappa shape index (κ1) is 18.8. The maximum absolute atomic E-state index is 14.4. The molecule has 10 heteroatoms.